The molecule has 0 aliphatic rings. The number of carboxylic acids is 1. The number of carbonyl (C=O) groups is 1. The van der Waals surface area contributed by atoms with Gasteiger partial charge < -0.3 is 15.6 Å². The molecule has 0 fully saturated rings. The number of hydrogen-bond donors (Lipinski definition) is 2. The van der Waals surface area contributed by atoms with Gasteiger partial charge in [0.15, 0.2) is 0 Å². The number of carboxylic acid groups (broad SMARTS) is 1. The molecule has 0 aliphatic carbocycles. The average Bonchev–Trinajstić information content (AvgIpc) is 2.14. The van der Waals surface area contributed by atoms with Crippen molar-refractivity contribution in [1.82, 2.24) is 9.97 Å². The van der Waals surface area contributed by atoms with Crippen molar-refractivity contribution in [3.05, 3.63) is 16.9 Å². The van der Waals surface area contributed by atoms with Crippen LogP contribution < -0.4 is 10.5 Å². The van der Waals surface area contributed by atoms with Crippen molar-refractivity contribution in [2.24, 2.45) is 0 Å². The molecular weight excluding hydrogens is 222 g/mol. The molecule has 15 heavy (non-hydrogen) atoms. The number of anilines is 1. The molecule has 80 valence electrons. The van der Waals surface area contributed by atoms with Crippen molar-refractivity contribution in [1.29, 1.82) is 0 Å². The van der Waals surface area contributed by atoms with Crippen molar-refractivity contribution in [2.75, 3.05) is 12.8 Å². The summed E-state index contributed by atoms with van der Waals surface area (Å²) >= 11 is 5.54. The fourth-order valence-corrected chi connectivity index (χ4v) is 1.07. The minimum atomic E-state index is -1.11. The highest BCUT2D eigenvalue weighted by Crippen LogP contribution is 2.23. The average molecular weight is 230 g/mol. The van der Waals surface area contributed by atoms with Gasteiger partial charge in [0.05, 0.1) is 12.7 Å². The molecular formula is C8H8ClN3O3. The van der Waals surface area contributed by atoms with Gasteiger partial charge in [-0.05, 0) is 17.7 Å². The first-order chi connectivity index (χ1) is 7.04. The van der Waals surface area contributed by atoms with Gasteiger partial charge in [-0.25, -0.2) is 9.78 Å². The largest absolute Gasteiger partial charge is 0.480 e. The number of ether oxygens (including phenoxy) is 1. The molecule has 1 rings (SSSR count). The summed E-state index contributed by atoms with van der Waals surface area (Å²) in [6.07, 6.45) is 2.15. The highest BCUT2D eigenvalue weighted by molar-refractivity contribution is 6.28. The van der Waals surface area contributed by atoms with Gasteiger partial charge in [-0.3, -0.25) is 0 Å². The number of halogens is 1. The van der Waals surface area contributed by atoms with Gasteiger partial charge in [0.1, 0.15) is 5.82 Å². The van der Waals surface area contributed by atoms with E-state index < -0.39 is 5.97 Å². The van der Waals surface area contributed by atoms with E-state index >= 15 is 0 Å². The zero-order valence-electron chi connectivity index (χ0n) is 7.77. The van der Waals surface area contributed by atoms with E-state index in [0.717, 1.165) is 6.08 Å². The fraction of sp³-hybridized carbons (Fsp3) is 0.125. The second-order valence-electron chi connectivity index (χ2n) is 2.47. The quantitative estimate of drug-likeness (QED) is 0.588. The first-order valence-corrected chi connectivity index (χ1v) is 4.20. The summed E-state index contributed by atoms with van der Waals surface area (Å²) in [7, 11) is 1.37. The summed E-state index contributed by atoms with van der Waals surface area (Å²) in [5, 5.41) is 8.39. The van der Waals surface area contributed by atoms with Crippen molar-refractivity contribution >= 4 is 29.5 Å². The van der Waals surface area contributed by atoms with Crippen LogP contribution in [-0.2, 0) is 4.79 Å². The van der Waals surface area contributed by atoms with Crippen LogP contribution in [0.2, 0.25) is 5.28 Å². The molecule has 7 heteroatoms. The van der Waals surface area contributed by atoms with E-state index in [4.69, 9.17) is 27.2 Å². The highest BCUT2D eigenvalue weighted by Gasteiger charge is 2.09. The van der Waals surface area contributed by atoms with E-state index in [-0.39, 0.29) is 22.5 Å². The molecule has 0 bridgehead atoms. The number of hydrogen-bond acceptors (Lipinski definition) is 5. The lowest BCUT2D eigenvalue weighted by atomic mass is 10.2. The van der Waals surface area contributed by atoms with Crippen LogP contribution in [0.5, 0.6) is 5.88 Å². The first kappa shape index (κ1) is 11.3. The van der Waals surface area contributed by atoms with Crippen LogP contribution in [-0.4, -0.2) is 28.2 Å². The highest BCUT2D eigenvalue weighted by atomic mass is 35.5. The summed E-state index contributed by atoms with van der Waals surface area (Å²) in [5.41, 5.74) is 5.81. The molecule has 0 aromatic carbocycles. The SMILES string of the molecule is COc1nc(Cl)nc(N)c1/C=C/C(=O)O. The van der Waals surface area contributed by atoms with Crippen LogP contribution in [0.15, 0.2) is 6.08 Å². The zero-order chi connectivity index (χ0) is 11.4. The van der Waals surface area contributed by atoms with E-state index in [9.17, 15) is 4.79 Å². The Labute approximate surface area is 90.4 Å². The molecule has 0 unspecified atom stereocenters. The van der Waals surface area contributed by atoms with Crippen LogP contribution >= 0.6 is 11.6 Å². The Morgan fingerprint density at radius 2 is 2.27 bits per heavy atom. The molecule has 0 spiro atoms. The van der Waals surface area contributed by atoms with E-state index in [1.54, 1.807) is 0 Å². The van der Waals surface area contributed by atoms with Crippen LogP contribution in [0.25, 0.3) is 6.08 Å². The number of aliphatic carboxylic acids is 1. The molecule has 0 amide bonds. The summed E-state index contributed by atoms with van der Waals surface area (Å²) in [6, 6.07) is 0. The fourth-order valence-electron chi connectivity index (χ4n) is 0.905. The molecule has 0 radical (unpaired) electrons. The molecule has 0 aliphatic heterocycles. The van der Waals surface area contributed by atoms with Crippen molar-refractivity contribution in [3.63, 3.8) is 0 Å². The number of aromatic nitrogens is 2. The Bertz CT molecular complexity index is 420. The predicted octanol–water partition coefficient (Wildman–Crippen LogP) is 0.819. The lowest BCUT2D eigenvalue weighted by molar-refractivity contribution is -0.131. The van der Waals surface area contributed by atoms with E-state index in [1.165, 1.54) is 13.2 Å². The van der Waals surface area contributed by atoms with Gasteiger partial charge in [0.25, 0.3) is 0 Å². The van der Waals surface area contributed by atoms with Crippen LogP contribution in [0.3, 0.4) is 0 Å². The molecule has 0 atom stereocenters. The third kappa shape index (κ3) is 2.81. The maximum Gasteiger partial charge on any atom is 0.328 e. The maximum atomic E-state index is 10.3. The van der Waals surface area contributed by atoms with Crippen LogP contribution in [0.1, 0.15) is 5.56 Å². The van der Waals surface area contributed by atoms with Crippen molar-refractivity contribution in [2.45, 2.75) is 0 Å². The molecule has 1 aromatic rings. The minimum Gasteiger partial charge on any atom is -0.480 e. The molecule has 0 saturated carbocycles. The number of rotatable bonds is 3. The van der Waals surface area contributed by atoms with E-state index in [2.05, 4.69) is 9.97 Å². The van der Waals surface area contributed by atoms with Crippen LogP contribution in [0.4, 0.5) is 5.82 Å². The van der Waals surface area contributed by atoms with Gasteiger partial charge in [0.2, 0.25) is 11.2 Å². The Morgan fingerprint density at radius 1 is 1.60 bits per heavy atom. The minimum absolute atomic E-state index is 0.0585. The monoisotopic (exact) mass is 229 g/mol. The topological polar surface area (TPSA) is 98.3 Å². The Kier molecular flexibility index (Phi) is 3.46. The molecule has 6 nitrogen and oxygen atoms in total. The second-order valence-corrected chi connectivity index (χ2v) is 2.81. The summed E-state index contributed by atoms with van der Waals surface area (Å²) in [5.74, 6) is -0.916. The zero-order valence-corrected chi connectivity index (χ0v) is 8.52. The van der Waals surface area contributed by atoms with Gasteiger partial charge in [-0.15, -0.1) is 0 Å². The third-order valence-corrected chi connectivity index (χ3v) is 1.67. The van der Waals surface area contributed by atoms with Gasteiger partial charge in [-0.2, -0.15) is 4.98 Å². The lowest BCUT2D eigenvalue weighted by Crippen LogP contribution is -2.01. The van der Waals surface area contributed by atoms with Gasteiger partial charge in [0, 0.05) is 6.08 Å². The first-order valence-electron chi connectivity index (χ1n) is 3.82. The van der Waals surface area contributed by atoms with Crippen molar-refractivity contribution in [3.8, 4) is 5.88 Å². The number of methoxy groups -OCH3 is 1. The molecule has 0 saturated heterocycles. The van der Waals surface area contributed by atoms with E-state index in [0.29, 0.717) is 0 Å². The third-order valence-electron chi connectivity index (χ3n) is 1.50. The maximum absolute atomic E-state index is 10.3. The van der Waals surface area contributed by atoms with E-state index in [1.807, 2.05) is 0 Å². The summed E-state index contributed by atoms with van der Waals surface area (Å²) in [4.78, 5) is 17.7. The molecule has 3 N–H and O–H groups in total. The standard InChI is InChI=1S/C8H8ClN3O3/c1-15-7-4(2-3-5(13)14)6(10)11-8(9)12-7/h2-3H,1H3,(H,13,14)(H2,10,11,12)/b3-2+. The number of nitrogens with zero attached hydrogens (tertiary/aromatic N) is 2. The van der Waals surface area contributed by atoms with Gasteiger partial charge >= 0.3 is 5.97 Å². The van der Waals surface area contributed by atoms with Gasteiger partial charge in [-0.1, -0.05) is 0 Å². The number of nitrogens with two attached hydrogens (primary N) is 1. The molecule has 1 aromatic heterocycles. The predicted molar refractivity (Wildman–Crippen MR) is 54.7 cm³/mol. The lowest BCUT2D eigenvalue weighted by Gasteiger charge is -2.05. The van der Waals surface area contributed by atoms with Crippen molar-refractivity contribution < 1.29 is 14.6 Å². The molecule has 1 heterocycles. The summed E-state index contributed by atoms with van der Waals surface area (Å²) in [6.45, 7) is 0. The Balaban J connectivity index is 3.20. The number of nitrogen functional groups attached to an aromatic ring is 1. The Morgan fingerprint density at radius 3 is 2.80 bits per heavy atom. The van der Waals surface area contributed by atoms with Crippen LogP contribution in [0, 0.1) is 0 Å². The Hall–Kier alpha value is -1.82. The smallest absolute Gasteiger partial charge is 0.328 e. The normalized spacial score (nSPS) is 10.5. The second kappa shape index (κ2) is 4.61. The summed E-state index contributed by atoms with van der Waals surface area (Å²) < 4.78 is 4.88.